The number of nitrogens with zero attached hydrogens (tertiary/aromatic N) is 4. The van der Waals surface area contributed by atoms with Crippen LogP contribution in [0.1, 0.15) is 45.2 Å². The second-order valence-corrected chi connectivity index (χ2v) is 8.08. The van der Waals surface area contributed by atoms with E-state index in [1.807, 2.05) is 37.3 Å². The summed E-state index contributed by atoms with van der Waals surface area (Å²) < 4.78 is 1.48. The van der Waals surface area contributed by atoms with Crippen LogP contribution in [0.15, 0.2) is 59.8 Å². The van der Waals surface area contributed by atoms with Gasteiger partial charge in [-0.2, -0.15) is 0 Å². The van der Waals surface area contributed by atoms with Gasteiger partial charge in [-0.1, -0.05) is 30.3 Å². The Morgan fingerprint density at radius 3 is 2.58 bits per heavy atom. The van der Waals surface area contributed by atoms with Gasteiger partial charge in [-0.25, -0.2) is 0 Å². The van der Waals surface area contributed by atoms with Crippen molar-refractivity contribution < 1.29 is 9.90 Å². The molecule has 0 bridgehead atoms. The van der Waals surface area contributed by atoms with E-state index in [0.717, 1.165) is 11.3 Å². The molecule has 0 aliphatic carbocycles. The molecule has 3 heterocycles. The molecule has 1 amide bonds. The minimum Gasteiger partial charge on any atom is -0.391 e. The van der Waals surface area contributed by atoms with E-state index in [2.05, 4.69) is 9.97 Å². The average molecular weight is 418 g/mol. The third-order valence-electron chi connectivity index (χ3n) is 5.85. The Morgan fingerprint density at radius 2 is 1.90 bits per heavy atom. The highest BCUT2D eigenvalue weighted by atomic mass is 16.3. The van der Waals surface area contributed by atoms with Crippen LogP contribution in [-0.4, -0.2) is 49.6 Å². The molecule has 3 aromatic rings. The molecule has 1 aliphatic heterocycles. The molecule has 0 radical (unpaired) electrons. The van der Waals surface area contributed by atoms with Crippen LogP contribution in [0, 0.1) is 13.8 Å². The quantitative estimate of drug-likeness (QED) is 0.702. The van der Waals surface area contributed by atoms with Crippen molar-refractivity contribution >= 4 is 5.91 Å². The zero-order valence-corrected chi connectivity index (χ0v) is 17.7. The van der Waals surface area contributed by atoms with Crippen LogP contribution in [0.4, 0.5) is 0 Å². The van der Waals surface area contributed by atoms with Crippen molar-refractivity contribution in [1.29, 1.82) is 0 Å². The lowest BCUT2D eigenvalue weighted by Gasteiger charge is -2.36. The second kappa shape index (κ2) is 8.81. The summed E-state index contributed by atoms with van der Waals surface area (Å²) in [6.07, 6.45) is 4.93. The van der Waals surface area contributed by atoms with Gasteiger partial charge in [0, 0.05) is 31.4 Å². The van der Waals surface area contributed by atoms with Crippen LogP contribution < -0.4 is 5.56 Å². The Morgan fingerprint density at radius 1 is 1.13 bits per heavy atom. The number of piperidine rings is 1. The Bertz CT molecular complexity index is 1130. The van der Waals surface area contributed by atoms with Gasteiger partial charge in [0.05, 0.1) is 30.2 Å². The summed E-state index contributed by atoms with van der Waals surface area (Å²) in [6, 6.07) is 11.6. The number of likely N-dealkylation sites (tertiary alicyclic amines) is 1. The van der Waals surface area contributed by atoms with Gasteiger partial charge in [-0.15, -0.1) is 0 Å². The molecule has 160 valence electrons. The van der Waals surface area contributed by atoms with Crippen molar-refractivity contribution in [1.82, 2.24) is 19.4 Å². The molecule has 31 heavy (non-hydrogen) atoms. The van der Waals surface area contributed by atoms with E-state index in [1.165, 1.54) is 4.57 Å². The number of hydrogen-bond acceptors (Lipinski definition) is 5. The lowest BCUT2D eigenvalue weighted by Crippen LogP contribution is -2.47. The molecule has 4 rings (SSSR count). The molecule has 0 spiro atoms. The van der Waals surface area contributed by atoms with Crippen LogP contribution >= 0.6 is 0 Å². The van der Waals surface area contributed by atoms with E-state index in [0.29, 0.717) is 24.2 Å². The summed E-state index contributed by atoms with van der Waals surface area (Å²) in [6.45, 7) is 4.55. The molecule has 1 fully saturated rings. The minimum atomic E-state index is -0.672. The number of amides is 1. The number of hydrogen-bond donors (Lipinski definition) is 1. The molecular formula is C24H26N4O3. The molecule has 1 saturated heterocycles. The number of pyridine rings is 1. The SMILES string of the molecule is Cc1cnc(Cn2ccc(C)c(C(=O)N3CC[C@H](c4ccccc4)[C@H](O)C3)c2=O)cn1. The van der Waals surface area contributed by atoms with E-state index < -0.39 is 6.10 Å². The minimum absolute atomic E-state index is 0.0149. The number of β-amino-alcohol motifs (C(OH)–C–C–N with tert-alkyl or cyclic N) is 1. The van der Waals surface area contributed by atoms with Gasteiger partial charge in [0.15, 0.2) is 0 Å². The van der Waals surface area contributed by atoms with Gasteiger partial charge < -0.3 is 14.6 Å². The molecule has 0 saturated carbocycles. The van der Waals surface area contributed by atoms with Crippen molar-refractivity contribution in [3.8, 4) is 0 Å². The Hall–Kier alpha value is -3.32. The largest absolute Gasteiger partial charge is 0.391 e. The first-order chi connectivity index (χ1) is 14.9. The lowest BCUT2D eigenvalue weighted by molar-refractivity contribution is 0.0379. The maximum atomic E-state index is 13.3. The van der Waals surface area contributed by atoms with Gasteiger partial charge in [0.2, 0.25) is 0 Å². The van der Waals surface area contributed by atoms with Crippen molar-refractivity contribution in [2.45, 2.75) is 38.8 Å². The number of carbonyl (C=O) groups is 1. The fourth-order valence-corrected chi connectivity index (χ4v) is 4.09. The normalized spacial score (nSPS) is 18.7. The standard InChI is InChI=1S/C24H26N4O3/c1-16-8-10-27(14-19-13-25-17(2)12-26-19)23(30)22(16)24(31)28-11-9-20(21(29)15-28)18-6-4-3-5-7-18/h3-8,10,12-13,20-21,29H,9,11,14-15H2,1-2H3/t20-,21-/m1/s1. The molecule has 7 nitrogen and oxygen atoms in total. The molecule has 2 atom stereocenters. The monoisotopic (exact) mass is 418 g/mol. The van der Waals surface area contributed by atoms with Crippen molar-refractivity contribution in [3.63, 3.8) is 0 Å². The second-order valence-electron chi connectivity index (χ2n) is 8.08. The first-order valence-electron chi connectivity index (χ1n) is 10.4. The van der Waals surface area contributed by atoms with Crippen molar-refractivity contribution in [3.05, 3.63) is 93.4 Å². The van der Waals surface area contributed by atoms with Crippen LogP contribution in [0.3, 0.4) is 0 Å². The number of rotatable bonds is 4. The first-order valence-corrected chi connectivity index (χ1v) is 10.4. The van der Waals surface area contributed by atoms with Gasteiger partial charge >= 0.3 is 0 Å². The van der Waals surface area contributed by atoms with E-state index in [4.69, 9.17) is 0 Å². The third-order valence-corrected chi connectivity index (χ3v) is 5.85. The lowest BCUT2D eigenvalue weighted by atomic mass is 9.87. The van der Waals surface area contributed by atoms with Gasteiger partial charge in [0.25, 0.3) is 11.5 Å². The van der Waals surface area contributed by atoms with Crippen molar-refractivity contribution in [2.75, 3.05) is 13.1 Å². The topological polar surface area (TPSA) is 88.3 Å². The Labute approximate surface area is 181 Å². The first kappa shape index (κ1) is 20.9. The Kier molecular flexibility index (Phi) is 5.95. The average Bonchev–Trinajstić information content (AvgIpc) is 2.77. The van der Waals surface area contributed by atoms with Crippen LogP contribution in [0.5, 0.6) is 0 Å². The van der Waals surface area contributed by atoms with E-state index >= 15 is 0 Å². The van der Waals surface area contributed by atoms with Crippen LogP contribution in [0.2, 0.25) is 0 Å². The zero-order chi connectivity index (χ0) is 22.0. The summed E-state index contributed by atoms with van der Waals surface area (Å²) in [4.78, 5) is 36.5. The maximum Gasteiger partial charge on any atom is 0.264 e. The highest BCUT2D eigenvalue weighted by Crippen LogP contribution is 2.29. The van der Waals surface area contributed by atoms with E-state index in [1.54, 1.807) is 36.5 Å². The molecule has 1 N–H and O–H groups in total. The molecule has 1 aliphatic rings. The predicted octanol–water partition coefficient (Wildman–Crippen LogP) is 2.29. The third kappa shape index (κ3) is 4.41. The fourth-order valence-electron chi connectivity index (χ4n) is 4.09. The number of aliphatic hydroxyl groups is 1. The van der Waals surface area contributed by atoms with Gasteiger partial charge in [-0.05, 0) is 37.5 Å². The molecular weight excluding hydrogens is 392 g/mol. The number of carbonyl (C=O) groups excluding carboxylic acids is 1. The number of benzene rings is 1. The summed E-state index contributed by atoms with van der Waals surface area (Å²) in [5.74, 6) is -0.351. The molecule has 2 aromatic heterocycles. The van der Waals surface area contributed by atoms with Crippen LogP contribution in [0.25, 0.3) is 0 Å². The summed E-state index contributed by atoms with van der Waals surface area (Å²) in [5.41, 5.74) is 2.93. The number of aliphatic hydroxyl groups excluding tert-OH is 1. The highest BCUT2D eigenvalue weighted by molar-refractivity contribution is 5.95. The van der Waals surface area contributed by atoms with Gasteiger partial charge in [-0.3, -0.25) is 19.6 Å². The molecule has 7 heteroatoms. The zero-order valence-electron chi connectivity index (χ0n) is 17.7. The van der Waals surface area contributed by atoms with Crippen LogP contribution in [-0.2, 0) is 6.54 Å². The predicted molar refractivity (Wildman–Crippen MR) is 117 cm³/mol. The summed E-state index contributed by atoms with van der Waals surface area (Å²) in [5, 5.41) is 10.7. The Balaban J connectivity index is 1.54. The van der Waals surface area contributed by atoms with E-state index in [-0.39, 0.29) is 36.0 Å². The maximum absolute atomic E-state index is 13.3. The van der Waals surface area contributed by atoms with E-state index in [9.17, 15) is 14.7 Å². The number of aryl methyl sites for hydroxylation is 2. The van der Waals surface area contributed by atoms with Gasteiger partial charge in [0.1, 0.15) is 5.56 Å². The summed E-state index contributed by atoms with van der Waals surface area (Å²) in [7, 11) is 0. The highest BCUT2D eigenvalue weighted by Gasteiger charge is 2.33. The smallest absolute Gasteiger partial charge is 0.264 e. The number of aromatic nitrogens is 3. The molecule has 1 aromatic carbocycles. The fraction of sp³-hybridized carbons (Fsp3) is 0.333. The molecule has 0 unspecified atom stereocenters. The van der Waals surface area contributed by atoms with Crippen molar-refractivity contribution in [2.24, 2.45) is 0 Å². The summed E-state index contributed by atoms with van der Waals surface area (Å²) >= 11 is 0.